The van der Waals surface area contributed by atoms with E-state index in [4.69, 9.17) is 4.74 Å². The molecule has 0 saturated carbocycles. The van der Waals surface area contributed by atoms with Gasteiger partial charge in [0.15, 0.2) is 0 Å². The molecule has 10 heteroatoms. The summed E-state index contributed by atoms with van der Waals surface area (Å²) < 4.78 is 5.41. The summed E-state index contributed by atoms with van der Waals surface area (Å²) in [6.07, 6.45) is 1.64. The normalized spacial score (nSPS) is 19.2. The maximum Gasteiger partial charge on any atom is 0.338 e. The van der Waals surface area contributed by atoms with E-state index in [9.17, 15) is 14.4 Å². The number of carbonyl (C=O) groups excluding carboxylic acids is 3. The Morgan fingerprint density at radius 2 is 2.03 bits per heavy atom. The average molecular weight is 501 g/mol. The van der Waals surface area contributed by atoms with Crippen LogP contribution in [-0.2, 0) is 9.53 Å². The van der Waals surface area contributed by atoms with Crippen LogP contribution in [0.5, 0.6) is 0 Å². The molecule has 1 fully saturated rings. The summed E-state index contributed by atoms with van der Waals surface area (Å²) in [4.78, 5) is 45.2. The van der Waals surface area contributed by atoms with E-state index in [0.717, 1.165) is 10.4 Å². The Labute approximate surface area is 207 Å². The Morgan fingerprint density at radius 1 is 1.24 bits per heavy atom. The molecule has 1 atom stereocenters. The number of ether oxygens (including phenoxy) is 1. The number of rotatable bonds is 8. The van der Waals surface area contributed by atoms with Gasteiger partial charge in [-0.25, -0.2) is 9.59 Å². The lowest BCUT2D eigenvalue weighted by molar-refractivity contribution is -0.139. The van der Waals surface area contributed by atoms with Crippen LogP contribution >= 0.6 is 22.7 Å². The van der Waals surface area contributed by atoms with E-state index < -0.39 is 12.0 Å². The molecule has 1 unspecified atom stereocenters. The van der Waals surface area contributed by atoms with Gasteiger partial charge in [0.05, 0.1) is 23.1 Å². The van der Waals surface area contributed by atoms with Crippen molar-refractivity contribution in [3.63, 3.8) is 0 Å². The zero-order chi connectivity index (χ0) is 24.1. The van der Waals surface area contributed by atoms with Gasteiger partial charge in [0.1, 0.15) is 0 Å². The predicted molar refractivity (Wildman–Crippen MR) is 133 cm³/mol. The maximum atomic E-state index is 13.1. The highest BCUT2D eigenvalue weighted by Crippen LogP contribution is 2.33. The van der Waals surface area contributed by atoms with E-state index in [1.807, 2.05) is 39.2 Å². The Bertz CT molecular complexity index is 1060. The molecule has 0 radical (unpaired) electrons. The second kappa shape index (κ2) is 11.0. The Morgan fingerprint density at radius 3 is 2.65 bits per heavy atom. The molecule has 0 aliphatic carbocycles. The largest absolute Gasteiger partial charge is 0.463 e. The second-order valence-corrected chi connectivity index (χ2v) is 9.69. The third-order valence-electron chi connectivity index (χ3n) is 5.89. The van der Waals surface area contributed by atoms with E-state index in [1.54, 1.807) is 17.9 Å². The van der Waals surface area contributed by atoms with Crippen molar-refractivity contribution in [3.05, 3.63) is 68.7 Å². The van der Waals surface area contributed by atoms with Gasteiger partial charge in [0.2, 0.25) is 0 Å². The molecular formula is C24H28N4O4S2. The van der Waals surface area contributed by atoms with E-state index >= 15 is 0 Å². The molecule has 1 saturated heterocycles. The number of carbonyl (C=O) groups is 3. The number of amides is 3. The van der Waals surface area contributed by atoms with Gasteiger partial charge >= 0.3 is 12.0 Å². The first kappa shape index (κ1) is 24.2. The van der Waals surface area contributed by atoms with Crippen LogP contribution in [0.2, 0.25) is 0 Å². The van der Waals surface area contributed by atoms with Gasteiger partial charge in [-0.2, -0.15) is 11.3 Å². The molecule has 2 aliphatic heterocycles. The van der Waals surface area contributed by atoms with Crippen molar-refractivity contribution in [2.24, 2.45) is 0 Å². The SMILES string of the molecule is C=CCN1C(=O)NC(c2ccsc2)C(C(=O)OCC)=C1CN1CCN(C(=O)c2cccs2)CC1. The van der Waals surface area contributed by atoms with Crippen molar-refractivity contribution in [3.8, 4) is 0 Å². The first-order valence-corrected chi connectivity index (χ1v) is 13.0. The Hall–Kier alpha value is -2.95. The molecular weight excluding hydrogens is 472 g/mol. The van der Waals surface area contributed by atoms with Gasteiger partial charge < -0.3 is 15.0 Å². The molecule has 4 rings (SSSR count). The second-order valence-electron chi connectivity index (χ2n) is 7.96. The minimum Gasteiger partial charge on any atom is -0.463 e. The molecule has 34 heavy (non-hydrogen) atoms. The molecule has 8 nitrogen and oxygen atoms in total. The molecule has 2 aromatic rings. The monoisotopic (exact) mass is 500 g/mol. The summed E-state index contributed by atoms with van der Waals surface area (Å²) >= 11 is 2.95. The van der Waals surface area contributed by atoms with Crippen LogP contribution in [0.4, 0.5) is 4.79 Å². The summed E-state index contributed by atoms with van der Waals surface area (Å²) in [5.74, 6) is -0.391. The lowest BCUT2D eigenvalue weighted by Crippen LogP contribution is -2.53. The number of piperazine rings is 1. The van der Waals surface area contributed by atoms with E-state index in [2.05, 4.69) is 16.8 Å². The fourth-order valence-electron chi connectivity index (χ4n) is 4.21. The zero-order valence-electron chi connectivity index (χ0n) is 19.1. The van der Waals surface area contributed by atoms with Crippen molar-refractivity contribution in [2.45, 2.75) is 13.0 Å². The van der Waals surface area contributed by atoms with Crippen molar-refractivity contribution >= 4 is 40.6 Å². The molecule has 1 N–H and O–H groups in total. The summed E-state index contributed by atoms with van der Waals surface area (Å²) in [5.41, 5.74) is 1.92. The molecule has 2 aromatic heterocycles. The maximum absolute atomic E-state index is 13.1. The highest BCUT2D eigenvalue weighted by atomic mass is 32.1. The molecule has 0 aromatic carbocycles. The van der Waals surface area contributed by atoms with E-state index in [1.165, 1.54) is 22.7 Å². The average Bonchev–Trinajstić information content (AvgIpc) is 3.56. The smallest absolute Gasteiger partial charge is 0.338 e. The Kier molecular flexibility index (Phi) is 7.81. The summed E-state index contributed by atoms with van der Waals surface area (Å²) in [6, 6.07) is 4.78. The van der Waals surface area contributed by atoms with Crippen LogP contribution in [-0.4, -0.2) is 78.5 Å². The number of nitrogens with one attached hydrogen (secondary N) is 1. The van der Waals surface area contributed by atoms with Crippen molar-refractivity contribution in [1.29, 1.82) is 0 Å². The third kappa shape index (κ3) is 5.08. The van der Waals surface area contributed by atoms with Crippen molar-refractivity contribution < 1.29 is 19.1 Å². The molecule has 3 amide bonds. The van der Waals surface area contributed by atoms with Gasteiger partial charge in [-0.1, -0.05) is 12.1 Å². The fourth-order valence-corrected chi connectivity index (χ4v) is 5.59. The first-order valence-electron chi connectivity index (χ1n) is 11.2. The number of hydrogen-bond acceptors (Lipinski definition) is 7. The van der Waals surface area contributed by atoms with Crippen LogP contribution in [0.15, 0.2) is 58.3 Å². The Balaban J connectivity index is 1.60. The van der Waals surface area contributed by atoms with Crippen LogP contribution in [0, 0.1) is 0 Å². The number of esters is 1. The highest BCUT2D eigenvalue weighted by molar-refractivity contribution is 7.12. The summed E-state index contributed by atoms with van der Waals surface area (Å²) in [5, 5.41) is 8.72. The van der Waals surface area contributed by atoms with Gasteiger partial charge in [-0.3, -0.25) is 14.6 Å². The molecule has 0 bridgehead atoms. The summed E-state index contributed by atoms with van der Waals surface area (Å²) in [6.45, 7) is 8.92. The van der Waals surface area contributed by atoms with Crippen molar-refractivity contribution in [2.75, 3.05) is 45.9 Å². The van der Waals surface area contributed by atoms with Crippen LogP contribution in [0.25, 0.3) is 0 Å². The van der Waals surface area contributed by atoms with Crippen LogP contribution < -0.4 is 5.32 Å². The van der Waals surface area contributed by atoms with Gasteiger partial charge in [0.25, 0.3) is 5.91 Å². The lowest BCUT2D eigenvalue weighted by atomic mass is 9.96. The third-order valence-corrected chi connectivity index (χ3v) is 7.45. The standard InChI is InChI=1S/C24H28N4O4S2/c1-3-8-28-18(15-26-9-11-27(12-10-26)22(29)19-6-5-13-34-19)20(23(30)32-4-2)21(25-24(28)31)17-7-14-33-16-17/h3,5-7,13-14,16,21H,1,4,8-12,15H2,2H3,(H,25,31). The number of thiophene rings is 2. The molecule has 2 aliphatic rings. The number of hydrogen-bond donors (Lipinski definition) is 1. The minimum atomic E-state index is -0.574. The number of urea groups is 1. The fraction of sp³-hybridized carbons (Fsp3) is 0.375. The quantitative estimate of drug-likeness (QED) is 0.444. The topological polar surface area (TPSA) is 82.2 Å². The first-order chi connectivity index (χ1) is 16.5. The summed E-state index contributed by atoms with van der Waals surface area (Å²) in [7, 11) is 0. The number of nitrogens with zero attached hydrogens (tertiary/aromatic N) is 3. The molecule has 0 spiro atoms. The zero-order valence-corrected chi connectivity index (χ0v) is 20.7. The van der Waals surface area contributed by atoms with E-state index in [-0.39, 0.29) is 25.1 Å². The van der Waals surface area contributed by atoms with Crippen LogP contribution in [0.1, 0.15) is 28.2 Å². The minimum absolute atomic E-state index is 0.0453. The van der Waals surface area contributed by atoms with Crippen molar-refractivity contribution in [1.82, 2.24) is 20.0 Å². The molecule has 4 heterocycles. The molecule has 180 valence electrons. The van der Waals surface area contributed by atoms with Gasteiger partial charge in [-0.15, -0.1) is 17.9 Å². The van der Waals surface area contributed by atoms with Crippen LogP contribution in [0.3, 0.4) is 0 Å². The van der Waals surface area contributed by atoms with Gasteiger partial charge in [-0.05, 0) is 40.8 Å². The predicted octanol–water partition coefficient (Wildman–Crippen LogP) is 3.34. The highest BCUT2D eigenvalue weighted by Gasteiger charge is 2.39. The van der Waals surface area contributed by atoms with Gasteiger partial charge in [0, 0.05) is 45.0 Å². The van der Waals surface area contributed by atoms with E-state index in [0.29, 0.717) is 44.0 Å². The lowest BCUT2D eigenvalue weighted by Gasteiger charge is -2.40.